The van der Waals surface area contributed by atoms with Gasteiger partial charge in [0, 0.05) is 73.1 Å². The maximum Gasteiger partial charge on any atom is 0 e. The molecule has 0 fully saturated rings. The molecule has 1 radical (unpaired) electrons. The monoisotopic (exact) mass is 123 g/mol. The molecule has 0 aliphatic heterocycles. The van der Waals surface area contributed by atoms with Gasteiger partial charge in [-0.05, 0) is 0 Å². The SMILES string of the molecule is O.O.[K].[Ti]. The summed E-state index contributed by atoms with van der Waals surface area (Å²) in [6.07, 6.45) is 0. The maximum absolute atomic E-state index is 0. The number of rotatable bonds is 0. The molecular weight excluding hydrogens is 119 g/mol. The third kappa shape index (κ3) is 8.86. The summed E-state index contributed by atoms with van der Waals surface area (Å²) in [5, 5.41) is 0. The quantitative estimate of drug-likeness (QED) is 0.333. The minimum Gasteiger partial charge on any atom is -0.412 e. The summed E-state index contributed by atoms with van der Waals surface area (Å²) in [5.74, 6) is 0. The van der Waals surface area contributed by atoms with E-state index in [4.69, 9.17) is 0 Å². The molecule has 4 heavy (non-hydrogen) atoms. The van der Waals surface area contributed by atoms with Crippen molar-refractivity contribution < 1.29 is 32.7 Å². The summed E-state index contributed by atoms with van der Waals surface area (Å²) in [5.41, 5.74) is 0. The van der Waals surface area contributed by atoms with Crippen LogP contribution in [0.4, 0.5) is 0 Å². The Morgan fingerprint density at radius 1 is 0.750 bits per heavy atom. The summed E-state index contributed by atoms with van der Waals surface area (Å²) >= 11 is 0. The van der Waals surface area contributed by atoms with Crippen molar-refractivity contribution in [3.8, 4) is 0 Å². The fourth-order valence-electron chi connectivity index (χ4n) is 0. The largest absolute Gasteiger partial charge is 0.412 e. The van der Waals surface area contributed by atoms with Crippen LogP contribution in [0.1, 0.15) is 0 Å². The van der Waals surface area contributed by atoms with Crippen LogP contribution in [-0.2, 0) is 21.7 Å². The molecule has 0 aromatic heterocycles. The molecule has 0 heterocycles. The van der Waals surface area contributed by atoms with E-state index in [0.29, 0.717) is 0 Å². The fourth-order valence-corrected chi connectivity index (χ4v) is 0. The molecule has 21 valence electrons. The first-order valence-corrected chi connectivity index (χ1v) is 0. The van der Waals surface area contributed by atoms with Gasteiger partial charge < -0.3 is 11.0 Å². The second kappa shape index (κ2) is 18.6. The van der Waals surface area contributed by atoms with Crippen LogP contribution in [0.2, 0.25) is 0 Å². The zero-order chi connectivity index (χ0) is 0. The molecule has 0 saturated heterocycles. The molecule has 0 aliphatic carbocycles. The Morgan fingerprint density at radius 2 is 0.750 bits per heavy atom. The minimum atomic E-state index is 0. The molecule has 0 aromatic rings. The van der Waals surface area contributed by atoms with Crippen LogP contribution in [0.5, 0.6) is 0 Å². The van der Waals surface area contributed by atoms with E-state index in [0.717, 1.165) is 0 Å². The summed E-state index contributed by atoms with van der Waals surface area (Å²) in [7, 11) is 0. The van der Waals surface area contributed by atoms with Gasteiger partial charge in [-0.3, -0.25) is 0 Å². The van der Waals surface area contributed by atoms with E-state index < -0.39 is 0 Å². The predicted octanol–water partition coefficient (Wildman–Crippen LogP) is -2.03. The molecule has 0 aromatic carbocycles. The molecule has 0 unspecified atom stereocenters. The summed E-state index contributed by atoms with van der Waals surface area (Å²) in [6, 6.07) is 0. The zero-order valence-corrected chi connectivity index (χ0v) is 7.18. The Morgan fingerprint density at radius 3 is 0.750 bits per heavy atom. The van der Waals surface area contributed by atoms with Crippen molar-refractivity contribution in [1.82, 2.24) is 0 Å². The van der Waals surface area contributed by atoms with Gasteiger partial charge in [-0.25, -0.2) is 0 Å². The standard InChI is InChI=1S/K.2H2O.Ti/h;2*1H2;. The van der Waals surface area contributed by atoms with E-state index in [1.165, 1.54) is 0 Å². The summed E-state index contributed by atoms with van der Waals surface area (Å²) < 4.78 is 0. The maximum atomic E-state index is 0. The smallest absolute Gasteiger partial charge is 0 e. The Balaban J connectivity index is 0. The van der Waals surface area contributed by atoms with Crippen LogP contribution >= 0.6 is 0 Å². The third-order valence-electron chi connectivity index (χ3n) is 0. The van der Waals surface area contributed by atoms with Gasteiger partial charge in [0.2, 0.25) is 0 Å². The molecular formula is H4KO2Ti. The van der Waals surface area contributed by atoms with Gasteiger partial charge in [0.15, 0.2) is 0 Å². The Bertz CT molecular complexity index is 6.00. The van der Waals surface area contributed by atoms with Crippen LogP contribution in [-0.4, -0.2) is 62.3 Å². The molecule has 0 aliphatic rings. The van der Waals surface area contributed by atoms with Gasteiger partial charge in [0.25, 0.3) is 0 Å². The second-order valence-electron chi connectivity index (χ2n) is 0. The van der Waals surface area contributed by atoms with Crippen molar-refractivity contribution in [3.63, 3.8) is 0 Å². The minimum absolute atomic E-state index is 0. The molecule has 0 bridgehead atoms. The molecule has 0 saturated carbocycles. The molecule has 0 rings (SSSR count). The average Bonchev–Trinajstić information content (AvgIpc) is 0. The first kappa shape index (κ1) is 33.8. The van der Waals surface area contributed by atoms with Gasteiger partial charge in [0.05, 0.1) is 0 Å². The van der Waals surface area contributed by atoms with Crippen molar-refractivity contribution in [3.05, 3.63) is 0 Å². The van der Waals surface area contributed by atoms with Crippen LogP contribution in [0.3, 0.4) is 0 Å². The first-order chi connectivity index (χ1) is 0. The van der Waals surface area contributed by atoms with E-state index in [2.05, 4.69) is 0 Å². The van der Waals surface area contributed by atoms with Crippen LogP contribution < -0.4 is 0 Å². The first-order valence-electron chi connectivity index (χ1n) is 0. The topological polar surface area (TPSA) is 63.0 Å². The molecule has 0 amide bonds. The van der Waals surface area contributed by atoms with Crippen LogP contribution in [0.15, 0.2) is 0 Å². The molecule has 2 nitrogen and oxygen atoms in total. The van der Waals surface area contributed by atoms with Crippen molar-refractivity contribution in [2.75, 3.05) is 0 Å². The molecule has 4 heteroatoms. The fraction of sp³-hybridized carbons (Fsp3) is 0. The van der Waals surface area contributed by atoms with Crippen molar-refractivity contribution in [2.45, 2.75) is 0 Å². The van der Waals surface area contributed by atoms with Gasteiger partial charge in [0.1, 0.15) is 0 Å². The second-order valence-corrected chi connectivity index (χ2v) is 0. The van der Waals surface area contributed by atoms with Gasteiger partial charge >= 0.3 is 0 Å². The van der Waals surface area contributed by atoms with E-state index in [-0.39, 0.29) is 84.1 Å². The van der Waals surface area contributed by atoms with E-state index in [9.17, 15) is 0 Å². The van der Waals surface area contributed by atoms with E-state index >= 15 is 0 Å². The normalized spacial score (nSPS) is 0. The summed E-state index contributed by atoms with van der Waals surface area (Å²) in [6.45, 7) is 0. The van der Waals surface area contributed by atoms with Crippen molar-refractivity contribution in [1.29, 1.82) is 0 Å². The van der Waals surface area contributed by atoms with Crippen molar-refractivity contribution in [2.24, 2.45) is 0 Å². The average molecular weight is 123 g/mol. The third-order valence-corrected chi connectivity index (χ3v) is 0. The zero-order valence-electron chi connectivity index (χ0n) is 2.50. The predicted molar refractivity (Wildman–Crippen MR) is 13.0 cm³/mol. The number of hydrogen-bond donors (Lipinski definition) is 0. The molecule has 0 atom stereocenters. The van der Waals surface area contributed by atoms with Gasteiger partial charge in [-0.1, -0.05) is 0 Å². The van der Waals surface area contributed by atoms with Gasteiger partial charge in [-0.15, -0.1) is 0 Å². The van der Waals surface area contributed by atoms with Crippen LogP contribution in [0, 0.1) is 0 Å². The Kier molecular flexibility index (Phi) is 157. The summed E-state index contributed by atoms with van der Waals surface area (Å²) in [4.78, 5) is 0. The van der Waals surface area contributed by atoms with Crippen molar-refractivity contribution >= 4 is 51.4 Å². The van der Waals surface area contributed by atoms with E-state index in [1.807, 2.05) is 0 Å². The van der Waals surface area contributed by atoms with Crippen LogP contribution in [0.25, 0.3) is 0 Å². The van der Waals surface area contributed by atoms with E-state index in [1.54, 1.807) is 0 Å². The van der Waals surface area contributed by atoms with Gasteiger partial charge in [-0.2, -0.15) is 0 Å². The Hall–Kier alpha value is 2.27. The molecule has 0 spiro atoms. The molecule has 4 N–H and O–H groups in total. The Labute approximate surface area is 82.3 Å². The number of hydrogen-bond acceptors (Lipinski definition) is 0.